The summed E-state index contributed by atoms with van der Waals surface area (Å²) in [5, 5.41) is 5.38. The van der Waals surface area contributed by atoms with Gasteiger partial charge < -0.3 is 9.47 Å². The molecule has 0 aliphatic heterocycles. The van der Waals surface area contributed by atoms with Gasteiger partial charge in [-0.1, -0.05) is 49.0 Å². The third-order valence-corrected chi connectivity index (χ3v) is 6.26. The monoisotopic (exact) mass is 503 g/mol. The first-order valence-corrected chi connectivity index (χ1v) is 12.5. The minimum atomic E-state index is -3.68. The summed E-state index contributed by atoms with van der Waals surface area (Å²) in [6, 6.07) is 6.76. The van der Waals surface area contributed by atoms with Crippen LogP contribution in [-0.4, -0.2) is 50.2 Å². The van der Waals surface area contributed by atoms with Crippen molar-refractivity contribution in [3.05, 3.63) is 51.6 Å². The molecular weight excluding hydrogens is 477 g/mol. The van der Waals surface area contributed by atoms with E-state index >= 15 is 0 Å². The van der Waals surface area contributed by atoms with Gasteiger partial charge in [0.25, 0.3) is 5.91 Å². The van der Waals surface area contributed by atoms with Crippen molar-refractivity contribution in [1.82, 2.24) is 14.5 Å². The molecule has 1 aromatic heterocycles. The fourth-order valence-corrected chi connectivity index (χ4v) is 4.25. The van der Waals surface area contributed by atoms with Gasteiger partial charge in [0, 0.05) is 29.3 Å². The molecule has 32 heavy (non-hydrogen) atoms. The number of amides is 1. The van der Waals surface area contributed by atoms with Crippen molar-refractivity contribution < 1.29 is 22.7 Å². The topological polar surface area (TPSA) is 99.5 Å². The average Bonchev–Trinajstić information content (AvgIpc) is 3.10. The quantitative estimate of drug-likeness (QED) is 0.328. The number of carbonyl (C=O) groups excluding carboxylic acids is 1. The van der Waals surface area contributed by atoms with Gasteiger partial charge in [-0.05, 0) is 30.2 Å². The molecule has 0 saturated carbocycles. The summed E-state index contributed by atoms with van der Waals surface area (Å²) in [6.45, 7) is 2.95. The van der Waals surface area contributed by atoms with Crippen molar-refractivity contribution in [2.24, 2.45) is 0 Å². The molecule has 1 amide bonds. The number of nitrogens with one attached hydrogen (secondary N) is 1. The van der Waals surface area contributed by atoms with Crippen LogP contribution < -0.4 is 9.46 Å². The summed E-state index contributed by atoms with van der Waals surface area (Å²) < 4.78 is 38.2. The van der Waals surface area contributed by atoms with E-state index in [2.05, 4.69) is 9.82 Å². The number of rotatable bonds is 13. The Balaban J connectivity index is 2.17. The van der Waals surface area contributed by atoms with Gasteiger partial charge in [0.1, 0.15) is 6.61 Å². The lowest BCUT2D eigenvalue weighted by Gasteiger charge is -2.07. The summed E-state index contributed by atoms with van der Waals surface area (Å²) in [5.74, 6) is -0.495. The molecule has 0 unspecified atom stereocenters. The number of sulfonamides is 1. The van der Waals surface area contributed by atoms with E-state index in [1.807, 2.05) is 6.92 Å². The Bertz CT molecular complexity index is 1040. The van der Waals surface area contributed by atoms with Gasteiger partial charge in [-0.3, -0.25) is 9.48 Å². The molecule has 2 aromatic rings. The number of hydrogen-bond donors (Lipinski definition) is 1. The fraction of sp³-hybridized carbons (Fsp3) is 0.429. The van der Waals surface area contributed by atoms with Crippen LogP contribution in [0.2, 0.25) is 10.0 Å². The number of methoxy groups -OCH3 is 1. The Morgan fingerprint density at radius 2 is 2.00 bits per heavy atom. The third-order valence-electron chi connectivity index (χ3n) is 4.34. The van der Waals surface area contributed by atoms with Crippen LogP contribution in [0.4, 0.5) is 0 Å². The van der Waals surface area contributed by atoms with Crippen molar-refractivity contribution in [2.75, 3.05) is 26.1 Å². The van der Waals surface area contributed by atoms with E-state index in [0.717, 1.165) is 24.5 Å². The highest BCUT2D eigenvalue weighted by molar-refractivity contribution is 7.90. The average molecular weight is 504 g/mol. The molecule has 1 heterocycles. The van der Waals surface area contributed by atoms with Gasteiger partial charge in [0.15, 0.2) is 0 Å². The molecule has 1 aromatic carbocycles. The second kappa shape index (κ2) is 12.8. The SMILES string of the molecule is CCCCCS(=O)(=O)NC(=O)/C=C/c1cc(OCCOC)nn1Cc1ccc(Cl)cc1Cl. The highest BCUT2D eigenvalue weighted by Gasteiger charge is 2.14. The fourth-order valence-electron chi connectivity index (χ4n) is 2.72. The normalized spacial score (nSPS) is 11.8. The van der Waals surface area contributed by atoms with E-state index in [0.29, 0.717) is 47.8 Å². The summed E-state index contributed by atoms with van der Waals surface area (Å²) >= 11 is 12.2. The Morgan fingerprint density at radius 1 is 1.22 bits per heavy atom. The minimum absolute atomic E-state index is 0.0924. The first-order valence-electron chi connectivity index (χ1n) is 10.1. The molecular formula is C21H27Cl2N3O5S. The van der Waals surface area contributed by atoms with Gasteiger partial charge in [-0.2, -0.15) is 0 Å². The van der Waals surface area contributed by atoms with Crippen LogP contribution in [-0.2, 0) is 26.1 Å². The highest BCUT2D eigenvalue weighted by Crippen LogP contribution is 2.23. The second-order valence-corrected chi connectivity index (χ2v) is 9.65. The molecule has 176 valence electrons. The summed E-state index contributed by atoms with van der Waals surface area (Å²) in [4.78, 5) is 12.2. The lowest BCUT2D eigenvalue weighted by atomic mass is 10.2. The molecule has 0 radical (unpaired) electrons. The largest absolute Gasteiger partial charge is 0.474 e. The molecule has 8 nitrogen and oxygen atoms in total. The van der Waals surface area contributed by atoms with E-state index in [4.69, 9.17) is 32.7 Å². The van der Waals surface area contributed by atoms with E-state index in [9.17, 15) is 13.2 Å². The van der Waals surface area contributed by atoms with Crippen LogP contribution in [0.3, 0.4) is 0 Å². The van der Waals surface area contributed by atoms with E-state index in [-0.39, 0.29) is 5.75 Å². The van der Waals surface area contributed by atoms with Crippen molar-refractivity contribution in [2.45, 2.75) is 32.7 Å². The van der Waals surface area contributed by atoms with Crippen molar-refractivity contribution >= 4 is 45.2 Å². The maximum Gasteiger partial charge on any atom is 0.257 e. The molecule has 0 atom stereocenters. The van der Waals surface area contributed by atoms with Gasteiger partial charge in [0.05, 0.1) is 24.6 Å². The number of ether oxygens (including phenoxy) is 2. The van der Waals surface area contributed by atoms with Crippen LogP contribution in [0.25, 0.3) is 6.08 Å². The number of unbranched alkanes of at least 4 members (excludes halogenated alkanes) is 2. The van der Waals surface area contributed by atoms with Crippen molar-refractivity contribution in [1.29, 1.82) is 0 Å². The summed E-state index contributed by atoms with van der Waals surface area (Å²) in [5.41, 5.74) is 1.29. The zero-order valence-electron chi connectivity index (χ0n) is 18.0. The number of carbonyl (C=O) groups is 1. The molecule has 0 aliphatic rings. The maximum absolute atomic E-state index is 12.2. The first-order chi connectivity index (χ1) is 15.2. The Kier molecular flexibility index (Phi) is 10.5. The van der Waals surface area contributed by atoms with E-state index < -0.39 is 15.9 Å². The number of benzene rings is 1. The molecule has 0 bridgehead atoms. The molecule has 0 aliphatic carbocycles. The zero-order chi connectivity index (χ0) is 23.6. The van der Waals surface area contributed by atoms with Crippen LogP contribution in [0.15, 0.2) is 30.3 Å². The Hall–Kier alpha value is -2.07. The molecule has 0 spiro atoms. The first kappa shape index (κ1) is 26.2. The molecule has 11 heteroatoms. The van der Waals surface area contributed by atoms with Crippen molar-refractivity contribution in [3.63, 3.8) is 0 Å². The van der Waals surface area contributed by atoms with E-state index in [1.54, 1.807) is 36.1 Å². The van der Waals surface area contributed by atoms with Gasteiger partial charge in [-0.15, -0.1) is 5.10 Å². The lowest BCUT2D eigenvalue weighted by molar-refractivity contribution is -0.114. The second-order valence-electron chi connectivity index (χ2n) is 6.97. The predicted molar refractivity (Wildman–Crippen MR) is 126 cm³/mol. The van der Waals surface area contributed by atoms with Crippen LogP contribution in [0, 0.1) is 0 Å². The van der Waals surface area contributed by atoms with Crippen LogP contribution in [0.1, 0.15) is 37.4 Å². The zero-order valence-corrected chi connectivity index (χ0v) is 20.3. The maximum atomic E-state index is 12.2. The minimum Gasteiger partial charge on any atom is -0.474 e. The van der Waals surface area contributed by atoms with Gasteiger partial charge >= 0.3 is 0 Å². The summed E-state index contributed by atoms with van der Waals surface area (Å²) in [7, 11) is -2.11. The number of nitrogens with zero attached hydrogens (tertiary/aromatic N) is 2. The number of halogens is 2. The number of aromatic nitrogens is 2. The molecule has 0 saturated heterocycles. The Labute approximate surface area is 198 Å². The predicted octanol–water partition coefficient (Wildman–Crippen LogP) is 3.91. The standard InChI is InChI=1S/C21H27Cl2N3O5S/c1-3-4-5-12-32(28,29)25-20(27)9-8-18-14-21(31-11-10-30-2)24-26(18)15-16-6-7-17(22)13-19(16)23/h6-9,13-14H,3-5,10-12,15H2,1-2H3,(H,25,27)/b9-8+. The van der Waals surface area contributed by atoms with Gasteiger partial charge in [0.2, 0.25) is 15.9 Å². The smallest absolute Gasteiger partial charge is 0.257 e. The molecule has 0 fully saturated rings. The molecule has 1 N–H and O–H groups in total. The van der Waals surface area contributed by atoms with Crippen LogP contribution in [0.5, 0.6) is 5.88 Å². The Morgan fingerprint density at radius 3 is 2.69 bits per heavy atom. The lowest BCUT2D eigenvalue weighted by Crippen LogP contribution is -2.31. The molecule has 2 rings (SSSR count). The summed E-state index contributed by atoms with van der Waals surface area (Å²) in [6.07, 6.45) is 4.78. The third kappa shape index (κ3) is 8.82. The van der Waals surface area contributed by atoms with Crippen LogP contribution >= 0.6 is 23.2 Å². The van der Waals surface area contributed by atoms with Gasteiger partial charge in [-0.25, -0.2) is 13.1 Å². The number of hydrogen-bond acceptors (Lipinski definition) is 6. The van der Waals surface area contributed by atoms with Crippen molar-refractivity contribution in [3.8, 4) is 5.88 Å². The van der Waals surface area contributed by atoms with E-state index in [1.165, 1.54) is 6.08 Å². The highest BCUT2D eigenvalue weighted by atomic mass is 35.5.